The number of nitrogens with zero attached hydrogens (tertiary/aromatic N) is 1. The van der Waals surface area contributed by atoms with Gasteiger partial charge in [-0.05, 0) is 42.7 Å². The zero-order valence-corrected chi connectivity index (χ0v) is 14.4. The maximum atomic E-state index is 13.1. The molecular formula is C19H21ClN2O2. The van der Waals surface area contributed by atoms with Crippen molar-refractivity contribution in [3.8, 4) is 0 Å². The summed E-state index contributed by atoms with van der Waals surface area (Å²) in [6.07, 6.45) is 4.47. The van der Waals surface area contributed by atoms with Crippen LogP contribution >= 0.6 is 11.6 Å². The average Bonchev–Trinajstić information content (AvgIpc) is 2.56. The SMILES string of the molecule is COCC(NC(=O)C1(c2ccc(Cl)cc2)CCC1)c1ccccn1. The Balaban J connectivity index is 1.82. The first kappa shape index (κ1) is 16.9. The van der Waals surface area contributed by atoms with E-state index in [2.05, 4.69) is 10.3 Å². The number of carbonyl (C=O) groups is 1. The van der Waals surface area contributed by atoms with E-state index in [0.717, 1.165) is 30.5 Å². The summed E-state index contributed by atoms with van der Waals surface area (Å²) in [5, 5.41) is 3.81. The first-order chi connectivity index (χ1) is 11.7. The Morgan fingerprint density at radius 3 is 2.58 bits per heavy atom. The van der Waals surface area contributed by atoms with Gasteiger partial charge in [0.15, 0.2) is 0 Å². The Bertz CT molecular complexity index is 684. The molecule has 1 aliphatic rings. The summed E-state index contributed by atoms with van der Waals surface area (Å²) in [6, 6.07) is 13.0. The molecule has 1 saturated carbocycles. The second-order valence-corrected chi connectivity index (χ2v) is 6.61. The maximum absolute atomic E-state index is 13.1. The summed E-state index contributed by atoms with van der Waals surface area (Å²) in [6.45, 7) is 0.388. The number of halogens is 1. The van der Waals surface area contributed by atoms with Crippen LogP contribution in [0.3, 0.4) is 0 Å². The third-order valence-electron chi connectivity index (χ3n) is 4.72. The minimum absolute atomic E-state index is 0.0313. The van der Waals surface area contributed by atoms with Gasteiger partial charge in [-0.1, -0.05) is 36.2 Å². The molecule has 1 aromatic carbocycles. The molecule has 0 radical (unpaired) electrons. The topological polar surface area (TPSA) is 51.2 Å². The van der Waals surface area contributed by atoms with Crippen LogP contribution in [0.4, 0.5) is 0 Å². The Hall–Kier alpha value is -1.91. The molecule has 0 spiro atoms. The van der Waals surface area contributed by atoms with Gasteiger partial charge in [0.1, 0.15) is 0 Å². The first-order valence-electron chi connectivity index (χ1n) is 8.12. The highest BCUT2D eigenvalue weighted by atomic mass is 35.5. The predicted molar refractivity (Wildman–Crippen MR) is 94.0 cm³/mol. The van der Waals surface area contributed by atoms with Gasteiger partial charge in [-0.3, -0.25) is 9.78 Å². The number of hydrogen-bond donors (Lipinski definition) is 1. The molecule has 24 heavy (non-hydrogen) atoms. The molecule has 1 amide bonds. The zero-order valence-electron chi connectivity index (χ0n) is 13.7. The smallest absolute Gasteiger partial charge is 0.231 e. The quantitative estimate of drug-likeness (QED) is 0.870. The van der Waals surface area contributed by atoms with Crippen LogP contribution in [-0.2, 0) is 14.9 Å². The van der Waals surface area contributed by atoms with Gasteiger partial charge in [0.05, 0.1) is 23.8 Å². The van der Waals surface area contributed by atoms with Gasteiger partial charge in [0.25, 0.3) is 0 Å². The molecule has 0 aliphatic heterocycles. The van der Waals surface area contributed by atoms with E-state index in [9.17, 15) is 4.79 Å². The van der Waals surface area contributed by atoms with E-state index in [1.54, 1.807) is 13.3 Å². The Morgan fingerprint density at radius 1 is 1.29 bits per heavy atom. The lowest BCUT2D eigenvalue weighted by Gasteiger charge is -2.41. The number of amides is 1. The number of hydrogen-bond acceptors (Lipinski definition) is 3. The van der Waals surface area contributed by atoms with Crippen LogP contribution in [0, 0.1) is 0 Å². The average molecular weight is 345 g/mol. The van der Waals surface area contributed by atoms with E-state index >= 15 is 0 Å². The van der Waals surface area contributed by atoms with Gasteiger partial charge >= 0.3 is 0 Å². The number of aromatic nitrogens is 1. The molecular weight excluding hydrogens is 324 g/mol. The third kappa shape index (κ3) is 3.30. The number of methoxy groups -OCH3 is 1. The minimum Gasteiger partial charge on any atom is -0.382 e. The summed E-state index contributed by atoms with van der Waals surface area (Å²) < 4.78 is 5.27. The van der Waals surface area contributed by atoms with Gasteiger partial charge in [-0.2, -0.15) is 0 Å². The summed E-state index contributed by atoms with van der Waals surface area (Å²) in [5.41, 5.74) is 1.36. The summed E-state index contributed by atoms with van der Waals surface area (Å²) in [7, 11) is 1.63. The molecule has 0 saturated heterocycles. The van der Waals surface area contributed by atoms with Crippen molar-refractivity contribution in [2.75, 3.05) is 13.7 Å². The van der Waals surface area contributed by atoms with Crippen LogP contribution in [0.15, 0.2) is 48.7 Å². The molecule has 3 rings (SSSR count). The van der Waals surface area contributed by atoms with Gasteiger partial charge in [-0.15, -0.1) is 0 Å². The molecule has 0 bridgehead atoms. The molecule has 126 valence electrons. The van der Waals surface area contributed by atoms with Crippen LogP contribution in [0.25, 0.3) is 0 Å². The molecule has 1 N–H and O–H groups in total. The van der Waals surface area contributed by atoms with E-state index in [4.69, 9.17) is 16.3 Å². The standard InChI is InChI=1S/C19H21ClN2O2/c1-24-13-17(16-5-2-3-12-21-16)22-18(23)19(10-4-11-19)14-6-8-15(20)9-7-14/h2-3,5-9,12,17H,4,10-11,13H2,1H3,(H,22,23). The molecule has 1 atom stereocenters. The number of rotatable bonds is 6. The number of ether oxygens (including phenoxy) is 1. The highest BCUT2D eigenvalue weighted by Crippen LogP contribution is 2.44. The first-order valence-corrected chi connectivity index (χ1v) is 8.50. The summed E-state index contributed by atoms with van der Waals surface area (Å²) in [4.78, 5) is 17.4. The minimum atomic E-state index is -0.467. The van der Waals surface area contributed by atoms with E-state index < -0.39 is 5.41 Å². The number of pyridine rings is 1. The molecule has 1 fully saturated rings. The Morgan fingerprint density at radius 2 is 2.04 bits per heavy atom. The fraction of sp³-hybridized carbons (Fsp3) is 0.368. The lowest BCUT2D eigenvalue weighted by molar-refractivity contribution is -0.131. The van der Waals surface area contributed by atoms with Crippen LogP contribution in [0.1, 0.15) is 36.6 Å². The van der Waals surface area contributed by atoms with Crippen molar-refractivity contribution in [2.45, 2.75) is 30.7 Å². The molecule has 5 heteroatoms. The summed E-state index contributed by atoms with van der Waals surface area (Å²) in [5.74, 6) is 0.0313. The van der Waals surface area contributed by atoms with Gasteiger partial charge in [0, 0.05) is 18.3 Å². The Kier molecular flexibility index (Phi) is 5.17. The van der Waals surface area contributed by atoms with Gasteiger partial charge < -0.3 is 10.1 Å². The predicted octanol–water partition coefficient (Wildman–Crippen LogP) is 3.66. The summed E-state index contributed by atoms with van der Waals surface area (Å²) >= 11 is 5.98. The second kappa shape index (κ2) is 7.32. The zero-order chi connectivity index (χ0) is 17.0. The molecule has 1 heterocycles. The molecule has 1 aliphatic carbocycles. The van der Waals surface area contributed by atoms with Crippen LogP contribution in [0.2, 0.25) is 5.02 Å². The van der Waals surface area contributed by atoms with Crippen LogP contribution < -0.4 is 5.32 Å². The highest BCUT2D eigenvalue weighted by molar-refractivity contribution is 6.30. The fourth-order valence-corrected chi connectivity index (χ4v) is 3.32. The van der Waals surface area contributed by atoms with Crippen molar-refractivity contribution in [3.63, 3.8) is 0 Å². The van der Waals surface area contributed by atoms with Crippen molar-refractivity contribution in [3.05, 3.63) is 64.9 Å². The Labute approximate surface area is 147 Å². The van der Waals surface area contributed by atoms with Crippen molar-refractivity contribution < 1.29 is 9.53 Å². The fourth-order valence-electron chi connectivity index (χ4n) is 3.19. The molecule has 1 aromatic heterocycles. The van der Waals surface area contributed by atoms with Gasteiger partial charge in [0.2, 0.25) is 5.91 Å². The van der Waals surface area contributed by atoms with E-state index in [-0.39, 0.29) is 11.9 Å². The number of carbonyl (C=O) groups excluding carboxylic acids is 1. The van der Waals surface area contributed by atoms with Crippen LogP contribution in [0.5, 0.6) is 0 Å². The maximum Gasteiger partial charge on any atom is 0.231 e. The third-order valence-corrected chi connectivity index (χ3v) is 4.97. The number of nitrogens with one attached hydrogen (secondary N) is 1. The monoisotopic (exact) mass is 344 g/mol. The van der Waals surface area contributed by atoms with Crippen LogP contribution in [-0.4, -0.2) is 24.6 Å². The normalized spacial score (nSPS) is 16.9. The second-order valence-electron chi connectivity index (χ2n) is 6.18. The lowest BCUT2D eigenvalue weighted by atomic mass is 9.63. The van der Waals surface area contributed by atoms with Gasteiger partial charge in [-0.25, -0.2) is 0 Å². The molecule has 2 aromatic rings. The molecule has 1 unspecified atom stereocenters. The van der Waals surface area contributed by atoms with Crippen molar-refractivity contribution in [2.24, 2.45) is 0 Å². The number of benzene rings is 1. The lowest BCUT2D eigenvalue weighted by Crippen LogP contribution is -2.50. The molecule has 4 nitrogen and oxygen atoms in total. The van der Waals surface area contributed by atoms with Crippen molar-refractivity contribution >= 4 is 17.5 Å². The van der Waals surface area contributed by atoms with E-state index in [1.165, 1.54) is 0 Å². The van der Waals surface area contributed by atoms with Crippen molar-refractivity contribution in [1.82, 2.24) is 10.3 Å². The highest BCUT2D eigenvalue weighted by Gasteiger charge is 2.46. The van der Waals surface area contributed by atoms with Crippen molar-refractivity contribution in [1.29, 1.82) is 0 Å². The largest absolute Gasteiger partial charge is 0.382 e. The van der Waals surface area contributed by atoms with E-state index in [1.807, 2.05) is 42.5 Å². The van der Waals surface area contributed by atoms with E-state index in [0.29, 0.717) is 11.6 Å².